The third-order valence-electron chi connectivity index (χ3n) is 4.91. The first kappa shape index (κ1) is 22.3. The van der Waals surface area contributed by atoms with Gasteiger partial charge in [0.25, 0.3) is 11.5 Å². The number of rotatable bonds is 5. The summed E-state index contributed by atoms with van der Waals surface area (Å²) in [7, 11) is 3.34. The second kappa shape index (κ2) is 8.78. The van der Waals surface area contributed by atoms with Crippen molar-refractivity contribution in [2.24, 2.45) is 0 Å². The minimum atomic E-state index is -0.322. The molecule has 0 bridgehead atoms. The number of anilines is 1. The molecule has 0 radical (unpaired) electrons. The zero-order valence-corrected chi connectivity index (χ0v) is 19.1. The Morgan fingerprint density at radius 2 is 1.87 bits per heavy atom. The van der Waals surface area contributed by atoms with E-state index >= 15 is 0 Å². The maximum atomic E-state index is 13.5. The van der Waals surface area contributed by atoms with E-state index in [1.807, 2.05) is 25.8 Å². The number of benzene rings is 1. The van der Waals surface area contributed by atoms with Crippen molar-refractivity contribution in [1.29, 1.82) is 0 Å². The Kier molecular flexibility index (Phi) is 6.53. The number of ether oxygens (including phenoxy) is 2. The van der Waals surface area contributed by atoms with Crippen LogP contribution < -0.4 is 19.9 Å². The van der Waals surface area contributed by atoms with E-state index in [9.17, 15) is 9.59 Å². The Morgan fingerprint density at radius 1 is 1.17 bits per heavy atom. The van der Waals surface area contributed by atoms with Crippen LogP contribution in [-0.4, -0.2) is 49.1 Å². The van der Waals surface area contributed by atoms with Crippen LogP contribution in [0.2, 0.25) is 10.0 Å². The quantitative estimate of drug-likeness (QED) is 0.743. The molecule has 7 nitrogen and oxygen atoms in total. The number of nitrogens with zero attached hydrogens (tertiary/aromatic N) is 2. The van der Waals surface area contributed by atoms with Crippen molar-refractivity contribution in [3.63, 3.8) is 0 Å². The minimum absolute atomic E-state index is 0.0775. The summed E-state index contributed by atoms with van der Waals surface area (Å²) in [5, 5.41) is 0.588. The Morgan fingerprint density at radius 3 is 2.50 bits per heavy atom. The maximum Gasteiger partial charge on any atom is 0.258 e. The van der Waals surface area contributed by atoms with Gasteiger partial charge < -0.3 is 24.3 Å². The lowest BCUT2D eigenvalue weighted by Gasteiger charge is -2.22. The van der Waals surface area contributed by atoms with Crippen molar-refractivity contribution in [3.8, 4) is 11.5 Å². The summed E-state index contributed by atoms with van der Waals surface area (Å²) in [5.74, 6) is 0.463. The number of halogens is 2. The van der Waals surface area contributed by atoms with Crippen molar-refractivity contribution < 1.29 is 14.3 Å². The average Bonchev–Trinajstić information content (AvgIpc) is 2.78. The van der Waals surface area contributed by atoms with Gasteiger partial charge in [-0.15, -0.1) is 0 Å². The van der Waals surface area contributed by atoms with Gasteiger partial charge in [0.1, 0.15) is 11.5 Å². The number of aromatic amines is 1. The van der Waals surface area contributed by atoms with Gasteiger partial charge in [-0.3, -0.25) is 9.59 Å². The molecule has 0 fully saturated rings. The standard InChI is InChI=1S/C21H25Cl2N3O4/c1-11(2)30-16-9-14(22)19-17(18(16)23)21(28)26(7-6-25(19)4)10-13-15(29-5)8-12(3)24-20(13)27/h8-9,11H,6-7,10H2,1-5H3,(H,24,27). The number of methoxy groups -OCH3 is 1. The number of aromatic nitrogens is 1. The summed E-state index contributed by atoms with van der Waals surface area (Å²) in [6.45, 7) is 6.49. The number of nitrogens with one attached hydrogen (secondary N) is 1. The molecule has 0 atom stereocenters. The number of amides is 1. The molecule has 1 aromatic heterocycles. The predicted octanol–water partition coefficient (Wildman–Crippen LogP) is 3.88. The highest BCUT2D eigenvalue weighted by atomic mass is 35.5. The number of hydrogen-bond acceptors (Lipinski definition) is 5. The molecule has 2 heterocycles. The minimum Gasteiger partial charge on any atom is -0.496 e. The maximum absolute atomic E-state index is 13.5. The molecule has 9 heteroatoms. The van der Waals surface area contributed by atoms with Gasteiger partial charge in [0.15, 0.2) is 0 Å². The van der Waals surface area contributed by atoms with E-state index in [2.05, 4.69) is 4.98 Å². The average molecular weight is 454 g/mol. The largest absolute Gasteiger partial charge is 0.496 e. The number of H-pyrrole nitrogens is 1. The van der Waals surface area contributed by atoms with Crippen LogP contribution in [0.5, 0.6) is 11.5 Å². The summed E-state index contributed by atoms with van der Waals surface area (Å²) >= 11 is 13.1. The van der Waals surface area contributed by atoms with Crippen molar-refractivity contribution in [2.75, 3.05) is 32.1 Å². The number of likely N-dealkylation sites (N-methyl/N-ethyl adjacent to an activating group) is 1. The molecule has 0 saturated heterocycles. The van der Waals surface area contributed by atoms with Crippen LogP contribution in [0.4, 0.5) is 5.69 Å². The van der Waals surface area contributed by atoms with Gasteiger partial charge >= 0.3 is 0 Å². The van der Waals surface area contributed by atoms with Gasteiger partial charge in [0, 0.05) is 31.9 Å². The molecule has 1 aromatic carbocycles. The lowest BCUT2D eigenvalue weighted by atomic mass is 10.1. The molecule has 162 valence electrons. The first-order valence-corrected chi connectivity index (χ1v) is 10.4. The first-order chi connectivity index (χ1) is 14.1. The number of aryl methyl sites for hydroxylation is 1. The van der Waals surface area contributed by atoms with E-state index in [0.717, 1.165) is 0 Å². The Labute approximate surface area is 185 Å². The molecule has 30 heavy (non-hydrogen) atoms. The third kappa shape index (κ3) is 4.23. The lowest BCUT2D eigenvalue weighted by Crippen LogP contribution is -2.35. The molecule has 1 aliphatic rings. The van der Waals surface area contributed by atoms with Crippen LogP contribution in [0.15, 0.2) is 16.9 Å². The highest BCUT2D eigenvalue weighted by Gasteiger charge is 2.32. The fourth-order valence-electron chi connectivity index (χ4n) is 3.50. The fourth-order valence-corrected chi connectivity index (χ4v) is 4.11. The topological polar surface area (TPSA) is 74.9 Å². The van der Waals surface area contributed by atoms with Crippen molar-refractivity contribution >= 4 is 34.8 Å². The van der Waals surface area contributed by atoms with Gasteiger partial charge in [-0.1, -0.05) is 23.2 Å². The number of fused-ring (bicyclic) bond motifs is 1. The van der Waals surface area contributed by atoms with Gasteiger partial charge in [-0.25, -0.2) is 0 Å². The zero-order chi connectivity index (χ0) is 22.2. The van der Waals surface area contributed by atoms with Crippen molar-refractivity contribution in [2.45, 2.75) is 33.4 Å². The Balaban J connectivity index is 2.09. The molecule has 3 rings (SSSR count). The van der Waals surface area contributed by atoms with Gasteiger partial charge in [0.2, 0.25) is 0 Å². The monoisotopic (exact) mass is 453 g/mol. The highest BCUT2D eigenvalue weighted by Crippen LogP contribution is 2.43. The second-order valence-corrected chi connectivity index (χ2v) is 8.32. The normalized spacial score (nSPS) is 14.1. The number of hydrogen-bond donors (Lipinski definition) is 1. The molecular formula is C21H25Cl2N3O4. The fraction of sp³-hybridized carbons (Fsp3) is 0.429. The second-order valence-electron chi connectivity index (χ2n) is 7.54. The zero-order valence-electron chi connectivity index (χ0n) is 17.6. The van der Waals surface area contributed by atoms with Crippen LogP contribution in [0.1, 0.15) is 35.5 Å². The van der Waals surface area contributed by atoms with Gasteiger partial charge in [-0.2, -0.15) is 0 Å². The Hall–Kier alpha value is -2.38. The smallest absolute Gasteiger partial charge is 0.258 e. The van der Waals surface area contributed by atoms with Crippen LogP contribution in [-0.2, 0) is 6.54 Å². The van der Waals surface area contributed by atoms with E-state index in [1.165, 1.54) is 7.11 Å². The molecule has 0 unspecified atom stereocenters. The molecule has 0 aliphatic carbocycles. The summed E-state index contributed by atoms with van der Waals surface area (Å²) in [6.07, 6.45) is -0.137. The summed E-state index contributed by atoms with van der Waals surface area (Å²) in [5.41, 5.74) is 1.58. The number of carbonyl (C=O) groups is 1. The molecule has 0 spiro atoms. The summed E-state index contributed by atoms with van der Waals surface area (Å²) < 4.78 is 11.1. The third-order valence-corrected chi connectivity index (χ3v) is 5.57. The predicted molar refractivity (Wildman–Crippen MR) is 119 cm³/mol. The number of carbonyl (C=O) groups excluding carboxylic acids is 1. The van der Waals surface area contributed by atoms with Gasteiger partial charge in [0.05, 0.1) is 46.6 Å². The Bertz CT molecular complexity index is 1040. The van der Waals surface area contributed by atoms with Crippen LogP contribution in [0.3, 0.4) is 0 Å². The van der Waals surface area contributed by atoms with Crippen molar-refractivity contribution in [3.05, 3.63) is 49.4 Å². The van der Waals surface area contributed by atoms with Crippen LogP contribution >= 0.6 is 23.2 Å². The summed E-state index contributed by atoms with van der Waals surface area (Å²) in [4.78, 5) is 32.3. The van der Waals surface area contributed by atoms with Crippen LogP contribution in [0.25, 0.3) is 0 Å². The molecule has 1 amide bonds. The molecule has 0 saturated carbocycles. The van der Waals surface area contributed by atoms with E-state index in [-0.39, 0.29) is 34.7 Å². The number of pyridine rings is 1. The van der Waals surface area contributed by atoms with E-state index in [4.69, 9.17) is 32.7 Å². The lowest BCUT2D eigenvalue weighted by molar-refractivity contribution is 0.0752. The van der Waals surface area contributed by atoms with Crippen LogP contribution in [0, 0.1) is 6.92 Å². The summed E-state index contributed by atoms with van der Waals surface area (Å²) in [6, 6.07) is 3.37. The van der Waals surface area contributed by atoms with E-state index in [1.54, 1.807) is 24.0 Å². The van der Waals surface area contributed by atoms with E-state index in [0.29, 0.717) is 46.6 Å². The molecular weight excluding hydrogens is 429 g/mol. The van der Waals surface area contributed by atoms with Crippen molar-refractivity contribution in [1.82, 2.24) is 9.88 Å². The van der Waals surface area contributed by atoms with E-state index < -0.39 is 0 Å². The molecule has 2 aromatic rings. The highest BCUT2D eigenvalue weighted by molar-refractivity contribution is 6.39. The SMILES string of the molecule is COc1cc(C)[nH]c(=O)c1CN1CCN(C)c2c(Cl)cc(OC(C)C)c(Cl)c2C1=O. The molecule has 1 aliphatic heterocycles. The first-order valence-electron chi connectivity index (χ1n) is 9.59. The molecule has 1 N–H and O–H groups in total. The van der Waals surface area contributed by atoms with Gasteiger partial charge in [-0.05, 0) is 26.8 Å².